The van der Waals surface area contributed by atoms with Gasteiger partial charge in [0.05, 0.1) is 0 Å². The second-order valence-corrected chi connectivity index (χ2v) is 4.73. The van der Waals surface area contributed by atoms with Crippen molar-refractivity contribution in [1.82, 2.24) is 15.2 Å². The van der Waals surface area contributed by atoms with Crippen LogP contribution in [0.2, 0.25) is 0 Å². The fraction of sp³-hybridized carbons (Fsp3) is 0.250. The minimum atomic E-state index is -0.608. The van der Waals surface area contributed by atoms with Crippen molar-refractivity contribution >= 4 is 27.3 Å². The molecular formula is C8H8BrN3OS. The molecule has 0 aliphatic rings. The molecule has 2 N–H and O–H groups in total. The molecule has 0 fully saturated rings. The molecule has 0 bridgehead atoms. The Morgan fingerprint density at radius 1 is 1.64 bits per heavy atom. The number of halogens is 1. The van der Waals surface area contributed by atoms with E-state index in [2.05, 4.69) is 31.1 Å². The third-order valence-corrected chi connectivity index (χ3v) is 3.49. The molecule has 2 aromatic rings. The van der Waals surface area contributed by atoms with E-state index in [0.717, 1.165) is 9.35 Å². The van der Waals surface area contributed by atoms with Crippen LogP contribution in [-0.2, 0) is 6.42 Å². The van der Waals surface area contributed by atoms with Gasteiger partial charge in [-0.2, -0.15) is 5.10 Å². The highest BCUT2D eigenvalue weighted by Crippen LogP contribution is 2.23. The number of aromatic amines is 1. The highest BCUT2D eigenvalue weighted by molar-refractivity contribution is 9.10. The van der Waals surface area contributed by atoms with Crippen LogP contribution in [0.15, 0.2) is 22.2 Å². The summed E-state index contributed by atoms with van der Waals surface area (Å²) in [7, 11) is 0. The minimum Gasteiger partial charge on any atom is -0.385 e. The molecule has 2 heterocycles. The molecule has 0 aliphatic carbocycles. The molecule has 6 heteroatoms. The fourth-order valence-corrected chi connectivity index (χ4v) is 2.61. The molecule has 0 spiro atoms. The summed E-state index contributed by atoms with van der Waals surface area (Å²) in [6, 6.07) is 1.99. The zero-order valence-electron chi connectivity index (χ0n) is 7.14. The molecule has 2 aromatic heterocycles. The van der Waals surface area contributed by atoms with Crippen LogP contribution in [0.5, 0.6) is 0 Å². The van der Waals surface area contributed by atoms with Crippen molar-refractivity contribution in [2.24, 2.45) is 0 Å². The van der Waals surface area contributed by atoms with Gasteiger partial charge in [0.15, 0.2) is 5.82 Å². The van der Waals surface area contributed by atoms with Gasteiger partial charge < -0.3 is 5.11 Å². The van der Waals surface area contributed by atoms with Gasteiger partial charge in [0, 0.05) is 21.2 Å². The Hall–Kier alpha value is -0.720. The smallest absolute Gasteiger partial charge is 0.153 e. The average molecular weight is 274 g/mol. The van der Waals surface area contributed by atoms with Crippen molar-refractivity contribution in [3.8, 4) is 0 Å². The quantitative estimate of drug-likeness (QED) is 0.898. The van der Waals surface area contributed by atoms with Crippen molar-refractivity contribution in [3.63, 3.8) is 0 Å². The lowest BCUT2D eigenvalue weighted by molar-refractivity contribution is 0.169. The average Bonchev–Trinajstić information content (AvgIpc) is 2.75. The number of nitrogens with zero attached hydrogens (tertiary/aromatic N) is 2. The van der Waals surface area contributed by atoms with Crippen molar-refractivity contribution < 1.29 is 5.11 Å². The van der Waals surface area contributed by atoms with Gasteiger partial charge in [-0.15, -0.1) is 11.3 Å². The monoisotopic (exact) mass is 273 g/mol. The first-order valence-corrected chi connectivity index (χ1v) is 5.69. The van der Waals surface area contributed by atoms with Crippen LogP contribution >= 0.6 is 27.3 Å². The number of hydrogen-bond donors (Lipinski definition) is 2. The predicted octanol–water partition coefficient (Wildman–Crippen LogP) is 1.90. The Kier molecular flexibility index (Phi) is 2.95. The number of aromatic nitrogens is 3. The van der Waals surface area contributed by atoms with Crippen molar-refractivity contribution in [2.75, 3.05) is 0 Å². The van der Waals surface area contributed by atoms with Gasteiger partial charge >= 0.3 is 0 Å². The lowest BCUT2D eigenvalue weighted by atomic mass is 10.2. The number of nitrogens with one attached hydrogen (secondary N) is 1. The Bertz CT molecular complexity index is 400. The van der Waals surface area contributed by atoms with Crippen molar-refractivity contribution in [3.05, 3.63) is 32.9 Å². The summed E-state index contributed by atoms with van der Waals surface area (Å²) in [5.41, 5.74) is 0. The third kappa shape index (κ3) is 2.20. The number of aliphatic hydroxyl groups is 1. The molecule has 0 aliphatic heterocycles. The fourth-order valence-electron chi connectivity index (χ4n) is 1.12. The topological polar surface area (TPSA) is 61.8 Å². The second-order valence-electron chi connectivity index (χ2n) is 2.82. The van der Waals surface area contributed by atoms with E-state index in [1.54, 1.807) is 11.3 Å². The molecular weight excluding hydrogens is 266 g/mol. The maximum Gasteiger partial charge on any atom is 0.153 e. The van der Waals surface area contributed by atoms with E-state index in [4.69, 9.17) is 0 Å². The maximum absolute atomic E-state index is 9.73. The number of aliphatic hydroxyl groups excluding tert-OH is 1. The SMILES string of the molecule is OC(Cc1cc(Br)cs1)c1ncn[nH]1. The van der Waals surface area contributed by atoms with E-state index in [1.165, 1.54) is 6.33 Å². The van der Waals surface area contributed by atoms with Gasteiger partial charge in [-0.25, -0.2) is 4.98 Å². The summed E-state index contributed by atoms with van der Waals surface area (Å²) in [5, 5.41) is 18.1. The first-order valence-electron chi connectivity index (χ1n) is 4.02. The van der Waals surface area contributed by atoms with Crippen LogP contribution in [0.3, 0.4) is 0 Å². The lowest BCUT2D eigenvalue weighted by Crippen LogP contribution is -2.02. The van der Waals surface area contributed by atoms with Gasteiger partial charge in [-0.3, -0.25) is 5.10 Å². The summed E-state index contributed by atoms with van der Waals surface area (Å²) >= 11 is 4.97. The molecule has 0 saturated carbocycles. The van der Waals surface area contributed by atoms with Crippen LogP contribution in [0, 0.1) is 0 Å². The van der Waals surface area contributed by atoms with E-state index in [-0.39, 0.29) is 0 Å². The minimum absolute atomic E-state index is 0.509. The molecule has 0 radical (unpaired) electrons. The van der Waals surface area contributed by atoms with Gasteiger partial charge in [0.25, 0.3) is 0 Å². The van der Waals surface area contributed by atoms with Crippen molar-refractivity contribution in [1.29, 1.82) is 0 Å². The number of rotatable bonds is 3. The van der Waals surface area contributed by atoms with E-state index < -0.39 is 6.10 Å². The van der Waals surface area contributed by atoms with E-state index in [9.17, 15) is 5.11 Å². The highest BCUT2D eigenvalue weighted by Gasteiger charge is 2.12. The zero-order valence-corrected chi connectivity index (χ0v) is 9.55. The Balaban J connectivity index is 2.05. The van der Waals surface area contributed by atoms with Crippen LogP contribution in [0.1, 0.15) is 16.8 Å². The first-order chi connectivity index (χ1) is 6.75. The Labute approximate surface area is 93.1 Å². The molecule has 1 atom stereocenters. The molecule has 0 amide bonds. The molecule has 4 nitrogen and oxygen atoms in total. The van der Waals surface area contributed by atoms with Crippen LogP contribution < -0.4 is 0 Å². The maximum atomic E-state index is 9.73. The van der Waals surface area contributed by atoms with E-state index in [1.807, 2.05) is 11.4 Å². The number of hydrogen-bond acceptors (Lipinski definition) is 4. The van der Waals surface area contributed by atoms with Crippen LogP contribution in [-0.4, -0.2) is 20.3 Å². The number of H-pyrrole nitrogens is 1. The largest absolute Gasteiger partial charge is 0.385 e. The number of thiophene rings is 1. The van der Waals surface area contributed by atoms with Gasteiger partial charge in [0.1, 0.15) is 12.4 Å². The summed E-state index contributed by atoms with van der Waals surface area (Å²) in [6.07, 6.45) is 1.34. The molecule has 2 rings (SSSR count). The highest BCUT2D eigenvalue weighted by atomic mass is 79.9. The van der Waals surface area contributed by atoms with E-state index >= 15 is 0 Å². The summed E-state index contributed by atoms with van der Waals surface area (Å²) < 4.78 is 1.04. The van der Waals surface area contributed by atoms with Crippen molar-refractivity contribution in [2.45, 2.75) is 12.5 Å². The predicted molar refractivity (Wildman–Crippen MR) is 57.1 cm³/mol. The van der Waals surface area contributed by atoms with Gasteiger partial charge in [-0.05, 0) is 22.0 Å². The summed E-state index contributed by atoms with van der Waals surface area (Å²) in [4.78, 5) is 5.01. The summed E-state index contributed by atoms with van der Waals surface area (Å²) in [5.74, 6) is 0.509. The molecule has 14 heavy (non-hydrogen) atoms. The van der Waals surface area contributed by atoms with Gasteiger partial charge in [-0.1, -0.05) is 0 Å². The first kappa shape index (κ1) is 9.82. The molecule has 74 valence electrons. The Morgan fingerprint density at radius 3 is 3.07 bits per heavy atom. The standard InChI is InChI=1S/C8H8BrN3OS/c9-5-1-6(14-3-5)2-7(13)8-10-4-11-12-8/h1,3-4,7,13H,2H2,(H,10,11,12). The normalized spacial score (nSPS) is 13.0. The van der Waals surface area contributed by atoms with Crippen LogP contribution in [0.4, 0.5) is 0 Å². The lowest BCUT2D eigenvalue weighted by Gasteiger charge is -2.03. The van der Waals surface area contributed by atoms with Gasteiger partial charge in [0.2, 0.25) is 0 Å². The third-order valence-electron chi connectivity index (χ3n) is 1.77. The van der Waals surface area contributed by atoms with E-state index in [0.29, 0.717) is 12.2 Å². The Morgan fingerprint density at radius 2 is 2.50 bits per heavy atom. The molecule has 1 unspecified atom stereocenters. The molecule has 0 aromatic carbocycles. The zero-order chi connectivity index (χ0) is 9.97. The second kappa shape index (κ2) is 4.20. The molecule has 0 saturated heterocycles. The van der Waals surface area contributed by atoms with Crippen LogP contribution in [0.25, 0.3) is 0 Å². The summed E-state index contributed by atoms with van der Waals surface area (Å²) in [6.45, 7) is 0.